The number of rotatable bonds is 6. The molecule has 0 radical (unpaired) electrons. The van der Waals surface area contributed by atoms with Gasteiger partial charge in [-0.15, -0.1) is 12.4 Å². The molecule has 0 saturated carbocycles. The third-order valence-electron chi connectivity index (χ3n) is 2.07. The zero-order valence-electron chi connectivity index (χ0n) is 9.19. The smallest absolute Gasteiger partial charge is 0.224 e. The highest BCUT2D eigenvalue weighted by Gasteiger charge is 2.00. The Morgan fingerprint density at radius 1 is 1.25 bits per heavy atom. The fraction of sp³-hybridized carbons (Fsp3) is 0.455. The van der Waals surface area contributed by atoms with Crippen molar-refractivity contribution < 1.29 is 4.79 Å². The standard InChI is InChI=1S/C11H17N3O.ClH/c12-7-3-1-2-4-11(15)14-10-5-8-13-9-6-10;/h5-6,8-9H,1-4,7,12H2,(H,13,14,15);1H. The van der Waals surface area contributed by atoms with Crippen molar-refractivity contribution in [3.8, 4) is 0 Å². The van der Waals surface area contributed by atoms with Crippen LogP contribution in [0.2, 0.25) is 0 Å². The number of carbonyl (C=O) groups is 1. The number of anilines is 1. The van der Waals surface area contributed by atoms with Crippen LogP contribution in [0.4, 0.5) is 5.69 Å². The number of aromatic nitrogens is 1. The quantitative estimate of drug-likeness (QED) is 0.751. The molecule has 1 heterocycles. The summed E-state index contributed by atoms with van der Waals surface area (Å²) < 4.78 is 0. The van der Waals surface area contributed by atoms with E-state index in [0.717, 1.165) is 24.9 Å². The zero-order chi connectivity index (χ0) is 10.9. The fourth-order valence-corrected chi connectivity index (χ4v) is 1.27. The Morgan fingerprint density at radius 3 is 2.56 bits per heavy atom. The SMILES string of the molecule is Cl.NCCCCCC(=O)Nc1ccncc1. The Kier molecular flexibility index (Phi) is 8.48. The third kappa shape index (κ3) is 6.37. The molecule has 90 valence electrons. The molecule has 0 fully saturated rings. The molecule has 0 aliphatic heterocycles. The zero-order valence-corrected chi connectivity index (χ0v) is 10.0. The number of unbranched alkanes of at least 4 members (excludes halogenated alkanes) is 2. The van der Waals surface area contributed by atoms with Crippen molar-refractivity contribution >= 4 is 24.0 Å². The third-order valence-corrected chi connectivity index (χ3v) is 2.07. The van der Waals surface area contributed by atoms with E-state index in [1.165, 1.54) is 0 Å². The predicted octanol–water partition coefficient (Wildman–Crippen LogP) is 1.96. The monoisotopic (exact) mass is 243 g/mol. The van der Waals surface area contributed by atoms with Crippen molar-refractivity contribution in [1.82, 2.24) is 4.98 Å². The fourth-order valence-electron chi connectivity index (χ4n) is 1.27. The van der Waals surface area contributed by atoms with Crippen molar-refractivity contribution in [2.24, 2.45) is 5.73 Å². The van der Waals surface area contributed by atoms with Gasteiger partial charge in [0.15, 0.2) is 0 Å². The Labute approximate surface area is 102 Å². The van der Waals surface area contributed by atoms with E-state index in [9.17, 15) is 4.79 Å². The molecule has 0 spiro atoms. The van der Waals surface area contributed by atoms with Crippen molar-refractivity contribution in [2.45, 2.75) is 25.7 Å². The molecule has 5 heteroatoms. The minimum Gasteiger partial charge on any atom is -0.330 e. The molecule has 0 saturated heterocycles. The number of pyridine rings is 1. The van der Waals surface area contributed by atoms with Crippen LogP contribution in [0.3, 0.4) is 0 Å². The Hall–Kier alpha value is -1.13. The highest BCUT2D eigenvalue weighted by molar-refractivity contribution is 5.90. The summed E-state index contributed by atoms with van der Waals surface area (Å²) in [4.78, 5) is 15.3. The van der Waals surface area contributed by atoms with Gasteiger partial charge in [-0.1, -0.05) is 6.42 Å². The van der Waals surface area contributed by atoms with Gasteiger partial charge in [-0.2, -0.15) is 0 Å². The second kappa shape index (κ2) is 9.12. The van der Waals surface area contributed by atoms with Gasteiger partial charge < -0.3 is 11.1 Å². The van der Waals surface area contributed by atoms with Gasteiger partial charge in [0, 0.05) is 24.5 Å². The number of hydrogen-bond donors (Lipinski definition) is 2. The van der Waals surface area contributed by atoms with Crippen LogP contribution >= 0.6 is 12.4 Å². The molecular formula is C11H18ClN3O. The maximum Gasteiger partial charge on any atom is 0.224 e. The van der Waals surface area contributed by atoms with E-state index in [2.05, 4.69) is 10.3 Å². The van der Waals surface area contributed by atoms with Gasteiger partial charge in [-0.05, 0) is 31.5 Å². The lowest BCUT2D eigenvalue weighted by Crippen LogP contribution is -2.11. The van der Waals surface area contributed by atoms with E-state index in [1.807, 2.05) is 0 Å². The highest BCUT2D eigenvalue weighted by Crippen LogP contribution is 2.05. The van der Waals surface area contributed by atoms with Crippen molar-refractivity contribution in [2.75, 3.05) is 11.9 Å². The second-order valence-electron chi connectivity index (χ2n) is 3.38. The Morgan fingerprint density at radius 2 is 1.94 bits per heavy atom. The van der Waals surface area contributed by atoms with Crippen LogP contribution in [0.25, 0.3) is 0 Å². The molecule has 0 aliphatic carbocycles. The molecule has 1 rings (SSSR count). The summed E-state index contributed by atoms with van der Waals surface area (Å²) >= 11 is 0. The van der Waals surface area contributed by atoms with Crippen LogP contribution in [0.15, 0.2) is 24.5 Å². The minimum atomic E-state index is 0. The molecule has 0 aliphatic rings. The topological polar surface area (TPSA) is 68.0 Å². The van der Waals surface area contributed by atoms with Gasteiger partial charge >= 0.3 is 0 Å². The lowest BCUT2D eigenvalue weighted by atomic mass is 10.2. The molecule has 1 aromatic rings. The second-order valence-corrected chi connectivity index (χ2v) is 3.38. The number of amides is 1. The summed E-state index contributed by atoms with van der Waals surface area (Å²) in [5.74, 6) is 0.0539. The van der Waals surface area contributed by atoms with Crippen LogP contribution in [0.1, 0.15) is 25.7 Å². The molecule has 0 atom stereocenters. The number of halogens is 1. The summed E-state index contributed by atoms with van der Waals surface area (Å²) in [5.41, 5.74) is 6.16. The molecule has 1 amide bonds. The number of hydrogen-bond acceptors (Lipinski definition) is 3. The summed E-state index contributed by atoms with van der Waals surface area (Å²) in [6.07, 6.45) is 6.77. The van der Waals surface area contributed by atoms with E-state index >= 15 is 0 Å². The largest absolute Gasteiger partial charge is 0.330 e. The summed E-state index contributed by atoms with van der Waals surface area (Å²) in [6.45, 7) is 0.700. The van der Waals surface area contributed by atoms with E-state index in [-0.39, 0.29) is 18.3 Å². The molecule has 0 aromatic carbocycles. The summed E-state index contributed by atoms with van der Waals surface area (Å²) in [7, 11) is 0. The minimum absolute atomic E-state index is 0. The van der Waals surface area contributed by atoms with Gasteiger partial charge in [-0.3, -0.25) is 9.78 Å². The molecule has 3 N–H and O–H groups in total. The van der Waals surface area contributed by atoms with Crippen LogP contribution in [-0.4, -0.2) is 17.4 Å². The highest BCUT2D eigenvalue weighted by atomic mass is 35.5. The van der Waals surface area contributed by atoms with Gasteiger partial charge in [0.05, 0.1) is 0 Å². The average molecular weight is 244 g/mol. The van der Waals surface area contributed by atoms with Gasteiger partial charge in [-0.25, -0.2) is 0 Å². The molecule has 16 heavy (non-hydrogen) atoms. The first-order valence-corrected chi connectivity index (χ1v) is 5.23. The molecular weight excluding hydrogens is 226 g/mol. The summed E-state index contributed by atoms with van der Waals surface area (Å²) in [6, 6.07) is 3.55. The van der Waals surface area contributed by atoms with Gasteiger partial charge in [0.2, 0.25) is 5.91 Å². The summed E-state index contributed by atoms with van der Waals surface area (Å²) in [5, 5.41) is 2.81. The number of nitrogens with two attached hydrogens (primary N) is 1. The molecule has 4 nitrogen and oxygen atoms in total. The van der Waals surface area contributed by atoms with E-state index in [4.69, 9.17) is 5.73 Å². The first kappa shape index (κ1) is 14.9. The van der Waals surface area contributed by atoms with Crippen LogP contribution in [0.5, 0.6) is 0 Å². The maximum atomic E-state index is 11.4. The lowest BCUT2D eigenvalue weighted by molar-refractivity contribution is -0.116. The van der Waals surface area contributed by atoms with Crippen molar-refractivity contribution in [3.63, 3.8) is 0 Å². The predicted molar refractivity (Wildman–Crippen MR) is 67.6 cm³/mol. The van der Waals surface area contributed by atoms with E-state index in [1.54, 1.807) is 24.5 Å². The van der Waals surface area contributed by atoms with Crippen LogP contribution < -0.4 is 11.1 Å². The Bertz CT molecular complexity index is 293. The van der Waals surface area contributed by atoms with Crippen LogP contribution in [-0.2, 0) is 4.79 Å². The molecule has 1 aromatic heterocycles. The normalized spacial score (nSPS) is 9.31. The number of nitrogens with zero attached hydrogens (tertiary/aromatic N) is 1. The van der Waals surface area contributed by atoms with Crippen LogP contribution in [0, 0.1) is 0 Å². The maximum absolute atomic E-state index is 11.4. The lowest BCUT2D eigenvalue weighted by Gasteiger charge is -2.03. The number of nitrogens with one attached hydrogen (secondary N) is 1. The average Bonchev–Trinajstić information content (AvgIpc) is 2.26. The van der Waals surface area contributed by atoms with E-state index in [0.29, 0.717) is 13.0 Å². The molecule has 0 unspecified atom stereocenters. The first-order valence-electron chi connectivity index (χ1n) is 5.23. The van der Waals surface area contributed by atoms with Gasteiger partial charge in [0.1, 0.15) is 0 Å². The van der Waals surface area contributed by atoms with Crippen molar-refractivity contribution in [1.29, 1.82) is 0 Å². The number of carbonyl (C=O) groups excluding carboxylic acids is 1. The van der Waals surface area contributed by atoms with Gasteiger partial charge in [0.25, 0.3) is 0 Å². The molecule has 0 bridgehead atoms. The van der Waals surface area contributed by atoms with E-state index < -0.39 is 0 Å². The first-order chi connectivity index (χ1) is 7.33. The Balaban J connectivity index is 0.00000225. The van der Waals surface area contributed by atoms with Crippen molar-refractivity contribution in [3.05, 3.63) is 24.5 Å².